The van der Waals surface area contributed by atoms with E-state index in [9.17, 15) is 9.59 Å². The van der Waals surface area contributed by atoms with Crippen molar-refractivity contribution in [3.05, 3.63) is 64.7 Å². The minimum Gasteiger partial charge on any atom is -0.491 e. The van der Waals surface area contributed by atoms with Crippen LogP contribution in [0.4, 0.5) is 0 Å². The highest BCUT2D eigenvalue weighted by molar-refractivity contribution is 6.30. The molecule has 0 aliphatic carbocycles. The van der Waals surface area contributed by atoms with Crippen molar-refractivity contribution in [3.63, 3.8) is 0 Å². The van der Waals surface area contributed by atoms with Gasteiger partial charge in [-0.25, -0.2) is 0 Å². The van der Waals surface area contributed by atoms with Gasteiger partial charge in [-0.15, -0.1) is 0 Å². The van der Waals surface area contributed by atoms with E-state index in [0.717, 1.165) is 25.0 Å². The van der Waals surface area contributed by atoms with Crippen LogP contribution in [0.2, 0.25) is 5.02 Å². The van der Waals surface area contributed by atoms with Crippen molar-refractivity contribution in [3.8, 4) is 5.75 Å². The second-order valence-electron chi connectivity index (χ2n) is 6.83. The predicted octanol–water partition coefficient (Wildman–Crippen LogP) is 3.93. The minimum atomic E-state index is -0.538. The van der Waals surface area contributed by atoms with E-state index in [4.69, 9.17) is 25.8 Å². The predicted molar refractivity (Wildman–Crippen MR) is 109 cm³/mol. The van der Waals surface area contributed by atoms with Crippen molar-refractivity contribution >= 4 is 23.5 Å². The molecule has 6 nitrogen and oxygen atoms in total. The number of nitrogens with one attached hydrogen (secondary N) is 1. The summed E-state index contributed by atoms with van der Waals surface area (Å²) in [7, 11) is 1.32. The molecule has 29 heavy (non-hydrogen) atoms. The van der Waals surface area contributed by atoms with E-state index in [1.807, 2.05) is 0 Å². The third-order valence-electron chi connectivity index (χ3n) is 4.73. The van der Waals surface area contributed by atoms with E-state index >= 15 is 0 Å². The van der Waals surface area contributed by atoms with Gasteiger partial charge in [0.25, 0.3) is 5.91 Å². The molecule has 1 aliphatic rings. The van der Waals surface area contributed by atoms with Crippen LogP contribution in [0.1, 0.15) is 41.2 Å². The fraction of sp³-hybridized carbons (Fsp3) is 0.364. The van der Waals surface area contributed by atoms with Crippen molar-refractivity contribution in [2.45, 2.75) is 31.4 Å². The van der Waals surface area contributed by atoms with Gasteiger partial charge in [-0.1, -0.05) is 29.8 Å². The van der Waals surface area contributed by atoms with Crippen molar-refractivity contribution < 1.29 is 23.8 Å². The first-order valence-electron chi connectivity index (χ1n) is 9.53. The lowest BCUT2D eigenvalue weighted by Gasteiger charge is -2.19. The molecule has 2 aromatic rings. The normalized spacial score (nSPS) is 16.8. The van der Waals surface area contributed by atoms with Gasteiger partial charge in [-0.3, -0.25) is 9.59 Å². The first-order valence-corrected chi connectivity index (χ1v) is 9.90. The first-order chi connectivity index (χ1) is 14.0. The summed E-state index contributed by atoms with van der Waals surface area (Å²) in [4.78, 5) is 24.6. The first kappa shape index (κ1) is 21.1. The smallest absolute Gasteiger partial charge is 0.307 e. The Labute approximate surface area is 175 Å². The Morgan fingerprint density at radius 3 is 2.72 bits per heavy atom. The molecule has 0 radical (unpaired) electrons. The average molecular weight is 418 g/mol. The molecule has 0 saturated carbocycles. The van der Waals surface area contributed by atoms with Crippen LogP contribution < -0.4 is 10.1 Å². The van der Waals surface area contributed by atoms with Gasteiger partial charge in [-0.05, 0) is 48.7 Å². The molecular formula is C22H24ClNO5. The summed E-state index contributed by atoms with van der Waals surface area (Å²) >= 11 is 5.94. The number of halogens is 1. The summed E-state index contributed by atoms with van der Waals surface area (Å²) in [6.45, 7) is 1.23. The molecule has 1 heterocycles. The molecule has 0 unspecified atom stereocenters. The number of amides is 1. The molecule has 1 amide bonds. The number of carbonyl (C=O) groups excluding carboxylic acids is 2. The molecule has 154 valence electrons. The van der Waals surface area contributed by atoms with Crippen LogP contribution in [-0.2, 0) is 14.3 Å². The number of rotatable bonds is 8. The number of hydrogen-bond acceptors (Lipinski definition) is 5. The van der Waals surface area contributed by atoms with Crippen molar-refractivity contribution in [2.24, 2.45) is 0 Å². The summed E-state index contributed by atoms with van der Waals surface area (Å²) in [6.07, 6.45) is 2.14. The fourth-order valence-electron chi connectivity index (χ4n) is 3.13. The van der Waals surface area contributed by atoms with Crippen LogP contribution in [0.15, 0.2) is 48.5 Å². The zero-order valence-electron chi connectivity index (χ0n) is 16.2. The summed E-state index contributed by atoms with van der Waals surface area (Å²) in [6, 6.07) is 13.4. The zero-order chi connectivity index (χ0) is 20.6. The molecule has 1 aliphatic heterocycles. The van der Waals surface area contributed by atoms with E-state index in [0.29, 0.717) is 22.9 Å². The van der Waals surface area contributed by atoms with Gasteiger partial charge in [0.1, 0.15) is 12.4 Å². The summed E-state index contributed by atoms with van der Waals surface area (Å²) in [5.41, 5.74) is 1.21. The highest BCUT2D eigenvalue weighted by atomic mass is 35.5. The number of benzene rings is 2. The van der Waals surface area contributed by atoms with E-state index in [-0.39, 0.29) is 18.4 Å². The monoisotopic (exact) mass is 417 g/mol. The number of methoxy groups -OCH3 is 1. The number of esters is 1. The average Bonchev–Trinajstić information content (AvgIpc) is 3.26. The van der Waals surface area contributed by atoms with Gasteiger partial charge in [0, 0.05) is 17.2 Å². The largest absolute Gasteiger partial charge is 0.491 e. The molecule has 0 spiro atoms. The standard InChI is InChI=1S/C22H24ClNO5/c1-27-21(25)13-20(15-7-9-17(23)10-8-15)24-22(26)16-4-2-5-18(12-16)29-14-19-6-3-11-28-19/h2,4-5,7-10,12,19-20H,3,6,11,13-14H2,1H3,(H,24,26)/t19-,20-/m1/s1. The molecule has 2 aromatic carbocycles. The Hall–Kier alpha value is -2.57. The SMILES string of the molecule is COC(=O)C[C@@H](NC(=O)c1cccc(OC[C@H]2CCCO2)c1)c1ccc(Cl)cc1. The maximum atomic E-state index is 12.8. The van der Waals surface area contributed by atoms with Gasteiger partial charge in [0.05, 0.1) is 25.7 Å². The lowest BCUT2D eigenvalue weighted by molar-refractivity contribution is -0.141. The Morgan fingerprint density at radius 2 is 2.03 bits per heavy atom. The molecule has 1 fully saturated rings. The molecule has 1 saturated heterocycles. The fourth-order valence-corrected chi connectivity index (χ4v) is 3.26. The second-order valence-corrected chi connectivity index (χ2v) is 7.27. The maximum absolute atomic E-state index is 12.8. The molecule has 1 N–H and O–H groups in total. The molecule has 0 aromatic heterocycles. The summed E-state index contributed by atoms with van der Waals surface area (Å²) < 4.78 is 16.1. The maximum Gasteiger partial charge on any atom is 0.307 e. The minimum absolute atomic E-state index is 0.0130. The topological polar surface area (TPSA) is 73.9 Å². The Bertz CT molecular complexity index is 833. The van der Waals surface area contributed by atoms with E-state index in [1.165, 1.54) is 7.11 Å². The highest BCUT2D eigenvalue weighted by Gasteiger charge is 2.20. The Kier molecular flexibility index (Phi) is 7.49. The highest BCUT2D eigenvalue weighted by Crippen LogP contribution is 2.22. The van der Waals surface area contributed by atoms with E-state index in [1.54, 1.807) is 48.5 Å². The summed E-state index contributed by atoms with van der Waals surface area (Å²) in [5.74, 6) is -0.125. The molecular weight excluding hydrogens is 394 g/mol. The molecule has 0 bridgehead atoms. The Morgan fingerprint density at radius 1 is 1.24 bits per heavy atom. The summed E-state index contributed by atoms with van der Waals surface area (Å²) in [5, 5.41) is 3.47. The number of hydrogen-bond donors (Lipinski definition) is 1. The van der Waals surface area contributed by atoms with Crippen LogP contribution in [-0.4, -0.2) is 38.3 Å². The molecule has 2 atom stereocenters. The van der Waals surface area contributed by atoms with Crippen molar-refractivity contribution in [1.29, 1.82) is 0 Å². The third-order valence-corrected chi connectivity index (χ3v) is 4.98. The number of carbonyl (C=O) groups is 2. The van der Waals surface area contributed by atoms with E-state index in [2.05, 4.69) is 5.32 Å². The van der Waals surface area contributed by atoms with Gasteiger partial charge in [0.15, 0.2) is 0 Å². The zero-order valence-corrected chi connectivity index (χ0v) is 17.0. The molecule has 3 rings (SSSR count). The van der Waals surface area contributed by atoms with Crippen LogP contribution >= 0.6 is 11.6 Å². The van der Waals surface area contributed by atoms with Gasteiger partial charge >= 0.3 is 5.97 Å². The lowest BCUT2D eigenvalue weighted by atomic mass is 10.0. The second kappa shape index (κ2) is 10.3. The quantitative estimate of drug-likeness (QED) is 0.659. The van der Waals surface area contributed by atoms with Gasteiger partial charge < -0.3 is 19.5 Å². The van der Waals surface area contributed by atoms with Crippen LogP contribution in [0.25, 0.3) is 0 Å². The van der Waals surface area contributed by atoms with Gasteiger partial charge in [0.2, 0.25) is 0 Å². The molecule has 7 heteroatoms. The van der Waals surface area contributed by atoms with Crippen molar-refractivity contribution in [2.75, 3.05) is 20.3 Å². The number of ether oxygens (including phenoxy) is 3. The van der Waals surface area contributed by atoms with Crippen LogP contribution in [0.5, 0.6) is 5.75 Å². The van der Waals surface area contributed by atoms with Crippen molar-refractivity contribution in [1.82, 2.24) is 5.32 Å². The van der Waals surface area contributed by atoms with E-state index < -0.39 is 12.0 Å². The lowest BCUT2D eigenvalue weighted by Crippen LogP contribution is -2.30. The Balaban J connectivity index is 1.68. The van der Waals surface area contributed by atoms with Gasteiger partial charge in [-0.2, -0.15) is 0 Å². The third kappa shape index (κ3) is 6.21. The van der Waals surface area contributed by atoms with Crippen LogP contribution in [0.3, 0.4) is 0 Å². The van der Waals surface area contributed by atoms with Crippen LogP contribution in [0, 0.1) is 0 Å².